The van der Waals surface area contributed by atoms with Crippen molar-refractivity contribution in [1.29, 1.82) is 0 Å². The van der Waals surface area contributed by atoms with E-state index in [0.29, 0.717) is 30.3 Å². The number of aromatic nitrogens is 6. The van der Waals surface area contributed by atoms with Crippen LogP contribution in [0.2, 0.25) is 0 Å². The van der Waals surface area contributed by atoms with Crippen molar-refractivity contribution in [3.05, 3.63) is 132 Å². The Morgan fingerprint density at radius 2 is 1.28 bits per heavy atom. The fourth-order valence-corrected chi connectivity index (χ4v) is 9.26. The zero-order valence-corrected chi connectivity index (χ0v) is 34.2. The van der Waals surface area contributed by atoms with Gasteiger partial charge in [0, 0.05) is 55.4 Å². The molecule has 0 spiro atoms. The first-order chi connectivity index (χ1) is 29.8. The first-order valence-electron chi connectivity index (χ1n) is 21.3. The zero-order chi connectivity index (χ0) is 41.9. The van der Waals surface area contributed by atoms with Gasteiger partial charge in [-0.05, 0) is 62.7 Å². The van der Waals surface area contributed by atoms with Crippen molar-refractivity contribution in [1.82, 2.24) is 49.5 Å². The topological polar surface area (TPSA) is 168 Å². The highest BCUT2D eigenvalue weighted by Gasteiger charge is 2.40. The summed E-state index contributed by atoms with van der Waals surface area (Å²) in [7, 11) is 1.43. The van der Waals surface area contributed by atoms with Gasteiger partial charge >= 0.3 is 6.09 Å². The summed E-state index contributed by atoms with van der Waals surface area (Å²) in [5, 5.41) is 9.81. The minimum atomic E-state index is -1.17. The van der Waals surface area contributed by atoms with Crippen molar-refractivity contribution in [3.63, 3.8) is 0 Å². The minimum Gasteiger partial charge on any atom is -0.465 e. The summed E-state index contributed by atoms with van der Waals surface area (Å²) in [5.41, 5.74) is 5.75. The number of carbonyl (C=O) groups is 3. The van der Waals surface area contributed by atoms with Crippen LogP contribution in [0.3, 0.4) is 0 Å². The molecule has 0 radical (unpaired) electrons. The monoisotopic (exact) mass is 818 g/mol. The van der Waals surface area contributed by atoms with Gasteiger partial charge in [-0.2, -0.15) is 0 Å². The SMILES string of the molecule is CN(C(=O)O)[C@@H](C(=O)N1CCC[C@H]1c1nc(-c2ccc(-c3ncc(-c4cnc([C@@H]5CCCN5C(=O)[C@@H](c5ccccc5)N5CCCCC5)[nH]4)cn3)cc2)c[nH]1)c1ccccc1. The molecule has 3 N–H and O–H groups in total. The van der Waals surface area contributed by atoms with Crippen LogP contribution in [0.4, 0.5) is 4.79 Å². The van der Waals surface area contributed by atoms with E-state index in [2.05, 4.69) is 27.0 Å². The van der Waals surface area contributed by atoms with Crippen molar-refractivity contribution < 1.29 is 19.5 Å². The molecule has 0 aliphatic carbocycles. The van der Waals surface area contributed by atoms with E-state index in [1.807, 2.05) is 59.6 Å². The molecule has 3 amide bonds. The number of nitrogens with zero attached hydrogens (tertiary/aromatic N) is 8. The van der Waals surface area contributed by atoms with E-state index < -0.39 is 12.1 Å². The van der Waals surface area contributed by atoms with E-state index in [1.54, 1.807) is 47.8 Å². The second-order valence-corrected chi connectivity index (χ2v) is 16.2. The van der Waals surface area contributed by atoms with Gasteiger partial charge in [0.15, 0.2) is 5.82 Å². The molecule has 6 heterocycles. The number of hydrogen-bond donors (Lipinski definition) is 3. The maximum Gasteiger partial charge on any atom is 0.407 e. The van der Waals surface area contributed by atoms with Gasteiger partial charge in [0.25, 0.3) is 5.91 Å². The maximum absolute atomic E-state index is 14.4. The van der Waals surface area contributed by atoms with Gasteiger partial charge in [0.2, 0.25) is 5.91 Å². The number of piperidine rings is 1. The molecule has 312 valence electrons. The molecule has 0 unspecified atom stereocenters. The van der Waals surface area contributed by atoms with Crippen molar-refractivity contribution in [2.24, 2.45) is 0 Å². The van der Waals surface area contributed by atoms with Crippen molar-refractivity contribution in [2.45, 2.75) is 69.1 Å². The number of carboxylic acid groups (broad SMARTS) is 1. The molecular formula is C47H50N10O4. The maximum atomic E-state index is 14.4. The van der Waals surface area contributed by atoms with Crippen molar-refractivity contribution in [2.75, 3.05) is 33.2 Å². The van der Waals surface area contributed by atoms with Crippen molar-refractivity contribution in [3.8, 4) is 33.9 Å². The molecule has 14 heteroatoms. The quantitative estimate of drug-likeness (QED) is 0.118. The number of nitrogens with one attached hydrogen (secondary N) is 2. The number of amides is 3. The molecule has 3 aromatic carbocycles. The number of benzene rings is 3. The van der Waals surface area contributed by atoms with Crippen LogP contribution < -0.4 is 0 Å². The van der Waals surface area contributed by atoms with Gasteiger partial charge in [-0.1, -0.05) is 91.3 Å². The largest absolute Gasteiger partial charge is 0.465 e. The van der Waals surface area contributed by atoms with Gasteiger partial charge in [-0.25, -0.2) is 24.7 Å². The zero-order valence-electron chi connectivity index (χ0n) is 34.2. The fraction of sp³-hybridized carbons (Fsp3) is 0.340. The van der Waals surface area contributed by atoms with Gasteiger partial charge in [-0.15, -0.1) is 0 Å². The summed E-state index contributed by atoms with van der Waals surface area (Å²) in [6, 6.07) is 25.4. The van der Waals surface area contributed by atoms with Crippen LogP contribution in [0.25, 0.3) is 33.9 Å². The molecule has 3 fully saturated rings. The highest BCUT2D eigenvalue weighted by Crippen LogP contribution is 2.38. The molecule has 9 rings (SSSR count). The van der Waals surface area contributed by atoms with Gasteiger partial charge in [-0.3, -0.25) is 19.4 Å². The minimum absolute atomic E-state index is 0.126. The van der Waals surface area contributed by atoms with E-state index in [1.165, 1.54) is 13.5 Å². The molecule has 3 aromatic heterocycles. The van der Waals surface area contributed by atoms with Crippen LogP contribution in [0, 0.1) is 0 Å². The van der Waals surface area contributed by atoms with Gasteiger partial charge < -0.3 is 24.9 Å². The number of likely N-dealkylation sites (N-methyl/N-ethyl adjacent to an activating group) is 1. The first kappa shape index (κ1) is 39.8. The van der Waals surface area contributed by atoms with Crippen LogP contribution in [-0.2, 0) is 9.59 Å². The van der Waals surface area contributed by atoms with Crippen LogP contribution in [0.15, 0.2) is 110 Å². The fourth-order valence-electron chi connectivity index (χ4n) is 9.26. The molecule has 3 aliphatic rings. The average molecular weight is 819 g/mol. The molecule has 6 aromatic rings. The molecule has 61 heavy (non-hydrogen) atoms. The third kappa shape index (κ3) is 8.15. The lowest BCUT2D eigenvalue weighted by molar-refractivity contribution is -0.139. The Labute approximate surface area is 354 Å². The number of carbonyl (C=O) groups excluding carboxylic acids is 2. The predicted octanol–water partition coefficient (Wildman–Crippen LogP) is 7.83. The lowest BCUT2D eigenvalue weighted by Gasteiger charge is -2.37. The number of aromatic amines is 2. The Balaban J connectivity index is 0.865. The molecular weight excluding hydrogens is 769 g/mol. The standard InChI is InChI=1S/C47H50N10O4/c1-54(47(60)61)40(32-13-5-2-6-14-32)45(58)56-25-11-17-38(56)43-50-29-36(52-43)31-19-21-34(22-20-31)42-48-27-35(28-49-42)37-30-51-44(53-37)39-18-12-26-57(39)46(59)41(33-15-7-3-8-16-33)55-23-9-4-10-24-55/h2-3,5-8,13-16,19-22,27-30,38-41H,4,9-12,17-18,23-26H2,1H3,(H,50,52)(H,51,53)(H,60,61)/t38-,39-,40+,41+/m0/s1. The molecule has 3 aliphatic heterocycles. The second kappa shape index (κ2) is 17.5. The van der Waals surface area contributed by atoms with E-state index in [0.717, 1.165) is 96.0 Å². The number of likely N-dealkylation sites (tertiary alicyclic amines) is 3. The third-order valence-corrected chi connectivity index (χ3v) is 12.4. The number of hydrogen-bond acceptors (Lipinski definition) is 8. The van der Waals surface area contributed by atoms with Gasteiger partial charge in [0.05, 0.1) is 29.7 Å². The highest BCUT2D eigenvalue weighted by atomic mass is 16.4. The van der Waals surface area contributed by atoms with Crippen LogP contribution in [0.5, 0.6) is 0 Å². The third-order valence-electron chi connectivity index (χ3n) is 12.4. The van der Waals surface area contributed by atoms with Crippen LogP contribution >= 0.6 is 0 Å². The summed E-state index contributed by atoms with van der Waals surface area (Å²) >= 11 is 0. The Kier molecular flexibility index (Phi) is 11.4. The highest BCUT2D eigenvalue weighted by molar-refractivity contribution is 5.87. The van der Waals surface area contributed by atoms with E-state index in [4.69, 9.17) is 19.9 Å². The summed E-state index contributed by atoms with van der Waals surface area (Å²) < 4.78 is 0. The summed E-state index contributed by atoms with van der Waals surface area (Å²) in [6.45, 7) is 3.08. The van der Waals surface area contributed by atoms with E-state index in [-0.39, 0.29) is 29.9 Å². The van der Waals surface area contributed by atoms with E-state index in [9.17, 15) is 19.5 Å². The molecule has 0 bridgehead atoms. The number of H-pyrrole nitrogens is 2. The number of imidazole rings is 2. The van der Waals surface area contributed by atoms with Gasteiger partial charge in [0.1, 0.15) is 23.7 Å². The Hall–Kier alpha value is -6.67. The lowest BCUT2D eigenvalue weighted by atomic mass is 10.00. The normalized spacial score (nSPS) is 19.2. The average Bonchev–Trinajstić information content (AvgIpc) is 4.15. The molecule has 3 saturated heterocycles. The van der Waals surface area contributed by atoms with E-state index >= 15 is 0 Å². The van der Waals surface area contributed by atoms with Crippen LogP contribution in [0.1, 0.15) is 91.9 Å². The Morgan fingerprint density at radius 3 is 1.93 bits per heavy atom. The molecule has 14 nitrogen and oxygen atoms in total. The number of rotatable bonds is 11. The second-order valence-electron chi connectivity index (χ2n) is 16.2. The van der Waals surface area contributed by atoms with Crippen molar-refractivity contribution >= 4 is 17.9 Å². The summed E-state index contributed by atoms with van der Waals surface area (Å²) in [6.07, 6.45) is 12.8. The smallest absolute Gasteiger partial charge is 0.407 e. The van der Waals surface area contributed by atoms with Crippen LogP contribution in [-0.4, -0.2) is 106 Å². The Morgan fingerprint density at radius 1 is 0.672 bits per heavy atom. The summed E-state index contributed by atoms with van der Waals surface area (Å²) in [5.74, 6) is 1.90. The predicted molar refractivity (Wildman–Crippen MR) is 230 cm³/mol. The molecule has 4 atom stereocenters. The lowest BCUT2D eigenvalue weighted by Crippen LogP contribution is -2.44. The first-order valence-corrected chi connectivity index (χ1v) is 21.3. The summed E-state index contributed by atoms with van der Waals surface area (Å²) in [4.78, 5) is 73.4. The Bertz CT molecular complexity index is 2450. The molecule has 0 saturated carbocycles.